The molecule has 1 saturated carbocycles. The minimum atomic E-state index is -0.960. The summed E-state index contributed by atoms with van der Waals surface area (Å²) in [4.78, 5) is 24.7. The van der Waals surface area contributed by atoms with Gasteiger partial charge in [-0.05, 0) is 26.3 Å². The molecule has 3 aliphatic heterocycles. The molecule has 0 radical (unpaired) electrons. The number of piperazine rings is 1. The zero-order valence-corrected chi connectivity index (χ0v) is 11.5. The third kappa shape index (κ3) is 1.86. The van der Waals surface area contributed by atoms with Crippen molar-refractivity contribution < 1.29 is 9.90 Å². The number of hydrogen-bond acceptors (Lipinski definition) is 5. The number of anilines is 1. The van der Waals surface area contributed by atoms with E-state index in [1.165, 1.54) is 6.42 Å². The van der Waals surface area contributed by atoms with Crippen LogP contribution in [0.25, 0.3) is 0 Å². The molecule has 4 aliphatic rings. The summed E-state index contributed by atoms with van der Waals surface area (Å²) in [5, 5.41) is 9.24. The Morgan fingerprint density at radius 1 is 1.30 bits per heavy atom. The van der Waals surface area contributed by atoms with Crippen LogP contribution in [0.15, 0.2) is 6.07 Å². The van der Waals surface area contributed by atoms with Crippen molar-refractivity contribution in [3.05, 3.63) is 17.6 Å². The molecule has 2 unspecified atom stereocenters. The summed E-state index contributed by atoms with van der Waals surface area (Å²) in [7, 11) is 2.13. The highest BCUT2D eigenvalue weighted by Gasteiger charge is 2.44. The van der Waals surface area contributed by atoms with E-state index in [-0.39, 0.29) is 5.69 Å². The van der Waals surface area contributed by atoms with Gasteiger partial charge in [-0.1, -0.05) is 0 Å². The average molecular weight is 274 g/mol. The van der Waals surface area contributed by atoms with Gasteiger partial charge in [-0.3, -0.25) is 0 Å². The Hall–Kier alpha value is -1.69. The minimum Gasteiger partial charge on any atom is -0.477 e. The van der Waals surface area contributed by atoms with Crippen molar-refractivity contribution >= 4 is 11.8 Å². The van der Waals surface area contributed by atoms with Crippen molar-refractivity contribution in [2.75, 3.05) is 25.0 Å². The van der Waals surface area contributed by atoms with Crippen molar-refractivity contribution in [1.82, 2.24) is 14.9 Å². The van der Waals surface area contributed by atoms with Gasteiger partial charge in [0.1, 0.15) is 11.6 Å². The molecule has 5 rings (SSSR count). The molecule has 3 saturated heterocycles. The molecule has 1 aromatic rings. The zero-order chi connectivity index (χ0) is 13.9. The molecule has 1 N–H and O–H groups in total. The summed E-state index contributed by atoms with van der Waals surface area (Å²) < 4.78 is 0. The maximum atomic E-state index is 11.3. The van der Waals surface area contributed by atoms with Crippen LogP contribution in [0.2, 0.25) is 0 Å². The molecule has 6 nitrogen and oxygen atoms in total. The quantitative estimate of drug-likeness (QED) is 0.885. The van der Waals surface area contributed by atoms with Crippen LogP contribution in [0, 0.1) is 0 Å². The molecule has 4 heterocycles. The molecule has 0 amide bonds. The molecule has 20 heavy (non-hydrogen) atoms. The van der Waals surface area contributed by atoms with Crippen LogP contribution in [-0.2, 0) is 0 Å². The van der Waals surface area contributed by atoms with Crippen LogP contribution < -0.4 is 4.90 Å². The summed E-state index contributed by atoms with van der Waals surface area (Å²) in [6, 6.07) is 2.59. The molecule has 1 aromatic heterocycles. The largest absolute Gasteiger partial charge is 0.477 e. The Kier molecular flexibility index (Phi) is 2.51. The van der Waals surface area contributed by atoms with Gasteiger partial charge in [0.2, 0.25) is 0 Å². The van der Waals surface area contributed by atoms with Gasteiger partial charge in [-0.15, -0.1) is 0 Å². The Morgan fingerprint density at radius 3 is 2.60 bits per heavy atom. The number of piperidine rings is 1. The number of likely N-dealkylation sites (N-methyl/N-ethyl adjacent to an activating group) is 1. The van der Waals surface area contributed by atoms with Crippen molar-refractivity contribution in [1.29, 1.82) is 0 Å². The number of aromatic nitrogens is 2. The van der Waals surface area contributed by atoms with Gasteiger partial charge in [0.15, 0.2) is 5.69 Å². The summed E-state index contributed by atoms with van der Waals surface area (Å²) in [5.41, 5.74) is 0.134. The molecule has 0 spiro atoms. The lowest BCUT2D eigenvalue weighted by molar-refractivity contribution is 0.0689. The second-order valence-electron chi connectivity index (χ2n) is 6.22. The smallest absolute Gasteiger partial charge is 0.354 e. The van der Waals surface area contributed by atoms with Crippen molar-refractivity contribution in [3.8, 4) is 0 Å². The predicted octanol–water partition coefficient (Wildman–Crippen LogP) is 0.945. The second-order valence-corrected chi connectivity index (χ2v) is 6.22. The third-order valence-electron chi connectivity index (χ3n) is 4.53. The normalized spacial score (nSPS) is 29.1. The molecule has 1 aliphatic carbocycles. The summed E-state index contributed by atoms with van der Waals surface area (Å²) in [6.07, 6.45) is 3.35. The number of rotatable bonds is 3. The zero-order valence-electron chi connectivity index (χ0n) is 11.5. The van der Waals surface area contributed by atoms with Crippen molar-refractivity contribution in [3.63, 3.8) is 0 Å². The van der Waals surface area contributed by atoms with Crippen molar-refractivity contribution in [2.24, 2.45) is 0 Å². The number of carbonyl (C=O) groups is 1. The Morgan fingerprint density at radius 2 is 2.00 bits per heavy atom. The van der Waals surface area contributed by atoms with Gasteiger partial charge in [-0.2, -0.15) is 0 Å². The first-order chi connectivity index (χ1) is 9.61. The fourth-order valence-corrected chi connectivity index (χ4v) is 3.41. The molecule has 4 fully saturated rings. The van der Waals surface area contributed by atoms with Crippen LogP contribution in [0.4, 0.5) is 5.82 Å². The Bertz CT molecular complexity index is 560. The SMILES string of the molecule is CN1CC2CC(C1)N2c1cc(C(=O)O)nc(C2CC2)n1. The van der Waals surface area contributed by atoms with E-state index in [1.54, 1.807) is 6.07 Å². The highest BCUT2D eigenvalue weighted by atomic mass is 16.4. The average Bonchev–Trinajstić information content (AvgIpc) is 3.22. The molecule has 2 atom stereocenters. The number of carboxylic acids is 1. The van der Waals surface area contributed by atoms with Crippen LogP contribution >= 0.6 is 0 Å². The summed E-state index contributed by atoms with van der Waals surface area (Å²) >= 11 is 0. The van der Waals surface area contributed by atoms with Gasteiger partial charge in [0, 0.05) is 37.2 Å². The third-order valence-corrected chi connectivity index (χ3v) is 4.53. The van der Waals surface area contributed by atoms with Gasteiger partial charge in [0.05, 0.1) is 0 Å². The maximum absolute atomic E-state index is 11.3. The highest BCUT2D eigenvalue weighted by Crippen LogP contribution is 2.40. The first-order valence-corrected chi connectivity index (χ1v) is 7.21. The molecule has 106 valence electrons. The standard InChI is InChI=1S/C14H18N4O2/c1-17-6-9-4-10(7-17)18(9)12-5-11(14(19)20)15-13(16-12)8-2-3-8/h5,8-10H,2-4,6-7H2,1H3,(H,19,20). The van der Waals surface area contributed by atoms with Gasteiger partial charge in [-0.25, -0.2) is 14.8 Å². The van der Waals surface area contributed by atoms with Crippen LogP contribution in [0.5, 0.6) is 0 Å². The lowest BCUT2D eigenvalue weighted by Crippen LogP contribution is -2.68. The van der Waals surface area contributed by atoms with Crippen LogP contribution in [0.1, 0.15) is 41.5 Å². The van der Waals surface area contributed by atoms with Gasteiger partial charge >= 0.3 is 5.97 Å². The lowest BCUT2D eigenvalue weighted by Gasteiger charge is -2.56. The summed E-state index contributed by atoms with van der Waals surface area (Å²) in [5.74, 6) is 0.946. The van der Waals surface area contributed by atoms with E-state index in [2.05, 4.69) is 26.8 Å². The van der Waals surface area contributed by atoms with Gasteiger partial charge < -0.3 is 14.9 Å². The molecule has 6 heteroatoms. The summed E-state index contributed by atoms with van der Waals surface area (Å²) in [6.45, 7) is 2.06. The van der Waals surface area contributed by atoms with E-state index in [0.29, 0.717) is 18.0 Å². The van der Waals surface area contributed by atoms with Gasteiger partial charge in [0.25, 0.3) is 0 Å². The maximum Gasteiger partial charge on any atom is 0.354 e. The van der Waals surface area contributed by atoms with E-state index in [9.17, 15) is 9.90 Å². The fraction of sp³-hybridized carbons (Fsp3) is 0.643. The molecule has 2 bridgehead atoms. The topological polar surface area (TPSA) is 69.6 Å². The van der Waals surface area contributed by atoms with E-state index < -0.39 is 5.97 Å². The van der Waals surface area contributed by atoms with E-state index in [4.69, 9.17) is 0 Å². The highest BCUT2D eigenvalue weighted by molar-refractivity contribution is 5.86. The Labute approximate surface area is 117 Å². The number of nitrogens with zero attached hydrogens (tertiary/aromatic N) is 4. The molecular weight excluding hydrogens is 256 g/mol. The number of fused-ring (bicyclic) bond motifs is 2. The predicted molar refractivity (Wildman–Crippen MR) is 73.1 cm³/mol. The first kappa shape index (κ1) is 12.1. The Balaban J connectivity index is 1.69. The monoisotopic (exact) mass is 274 g/mol. The number of hydrogen-bond donors (Lipinski definition) is 1. The molecule has 0 aromatic carbocycles. The molecular formula is C14H18N4O2. The minimum absolute atomic E-state index is 0.134. The van der Waals surface area contributed by atoms with Crippen molar-refractivity contribution in [2.45, 2.75) is 37.3 Å². The van der Waals surface area contributed by atoms with Crippen LogP contribution in [-0.4, -0.2) is 58.2 Å². The first-order valence-electron chi connectivity index (χ1n) is 7.21. The fourth-order valence-electron chi connectivity index (χ4n) is 3.41. The lowest BCUT2D eigenvalue weighted by atomic mass is 9.87. The number of carboxylic acid groups (broad SMARTS) is 1. The van der Waals surface area contributed by atoms with E-state index in [0.717, 1.165) is 37.6 Å². The van der Waals surface area contributed by atoms with E-state index >= 15 is 0 Å². The second kappa shape index (κ2) is 4.15. The number of aromatic carboxylic acids is 1. The van der Waals surface area contributed by atoms with Crippen LogP contribution in [0.3, 0.4) is 0 Å². The van der Waals surface area contributed by atoms with E-state index in [1.807, 2.05) is 0 Å².